The van der Waals surface area contributed by atoms with Crippen LogP contribution in [0.15, 0.2) is 54.4 Å². The fourth-order valence-electron chi connectivity index (χ4n) is 3.91. The Kier molecular flexibility index (Phi) is 4.06. The molecule has 5 rings (SSSR count). The number of aryl methyl sites for hydroxylation is 1. The summed E-state index contributed by atoms with van der Waals surface area (Å²) in [7, 11) is 0. The smallest absolute Gasteiger partial charge is 0.224 e. The van der Waals surface area contributed by atoms with Crippen molar-refractivity contribution in [3.8, 4) is 23.1 Å². The Bertz CT molecular complexity index is 1140. The van der Waals surface area contributed by atoms with Gasteiger partial charge in [-0.15, -0.1) is 0 Å². The number of nitrogens with zero attached hydrogens (tertiary/aromatic N) is 5. The molecule has 7 nitrogen and oxygen atoms in total. The molecule has 0 radical (unpaired) electrons. The molecule has 2 aromatic heterocycles. The molecule has 1 aromatic carbocycles. The van der Waals surface area contributed by atoms with Crippen LogP contribution >= 0.6 is 0 Å². The molecular weight excluding hydrogens is 364 g/mol. The van der Waals surface area contributed by atoms with E-state index in [4.69, 9.17) is 15.6 Å². The maximum absolute atomic E-state index is 9.83. The highest BCUT2D eigenvalue weighted by Gasteiger charge is 2.39. The van der Waals surface area contributed by atoms with Crippen LogP contribution < -0.4 is 10.5 Å². The summed E-state index contributed by atoms with van der Waals surface area (Å²) in [4.78, 5) is 8.16. The van der Waals surface area contributed by atoms with Gasteiger partial charge in [-0.1, -0.05) is 31.2 Å². The Morgan fingerprint density at radius 1 is 1.17 bits per heavy atom. The summed E-state index contributed by atoms with van der Waals surface area (Å²) in [6, 6.07) is 10.7. The molecular formula is C22H20N6O. The van der Waals surface area contributed by atoms with Gasteiger partial charge in [-0.25, -0.2) is 14.6 Å². The van der Waals surface area contributed by atoms with Gasteiger partial charge in [0.05, 0.1) is 23.2 Å². The van der Waals surface area contributed by atoms with Gasteiger partial charge in [-0.3, -0.25) is 0 Å². The van der Waals surface area contributed by atoms with Gasteiger partial charge in [-0.05, 0) is 30.4 Å². The quantitative estimate of drug-likeness (QED) is 0.739. The standard InChI is InChI=1S/C22H20N6O/c1-2-18-20-19(14-5-3-13(4-6-14)15-10-25-12-26-11-15)17(9-23)21(24)29-22(20)28(27-18)16-7-8-16/h3-6,10-12,16,19H,2,7-8,24H2,1H3. The Morgan fingerprint density at radius 2 is 1.90 bits per heavy atom. The number of benzene rings is 1. The van der Waals surface area contributed by atoms with E-state index in [0.717, 1.165) is 47.2 Å². The van der Waals surface area contributed by atoms with Crippen LogP contribution in [0, 0.1) is 11.3 Å². The zero-order valence-corrected chi connectivity index (χ0v) is 16.0. The van der Waals surface area contributed by atoms with E-state index in [1.54, 1.807) is 12.4 Å². The van der Waals surface area contributed by atoms with E-state index in [1.165, 1.54) is 6.33 Å². The van der Waals surface area contributed by atoms with Gasteiger partial charge in [0.1, 0.15) is 18.0 Å². The lowest BCUT2D eigenvalue weighted by Crippen LogP contribution is -2.22. The molecule has 1 aliphatic carbocycles. The molecule has 0 spiro atoms. The zero-order chi connectivity index (χ0) is 20.0. The third kappa shape index (κ3) is 2.85. The topological polar surface area (TPSA) is 103 Å². The van der Waals surface area contributed by atoms with E-state index < -0.39 is 0 Å². The minimum Gasteiger partial charge on any atom is -0.422 e. The predicted octanol–water partition coefficient (Wildman–Crippen LogP) is 3.46. The van der Waals surface area contributed by atoms with Crippen LogP contribution in [0.1, 0.15) is 48.5 Å². The van der Waals surface area contributed by atoms with Crippen molar-refractivity contribution in [3.63, 3.8) is 0 Å². The average molecular weight is 384 g/mol. The molecule has 0 amide bonds. The fourth-order valence-corrected chi connectivity index (χ4v) is 3.91. The average Bonchev–Trinajstić information content (AvgIpc) is 3.55. The molecule has 3 aromatic rings. The second-order valence-electron chi connectivity index (χ2n) is 7.37. The van der Waals surface area contributed by atoms with E-state index in [9.17, 15) is 5.26 Å². The molecule has 2 aliphatic rings. The van der Waals surface area contributed by atoms with E-state index in [-0.39, 0.29) is 11.8 Å². The van der Waals surface area contributed by atoms with Crippen LogP contribution in [0.4, 0.5) is 0 Å². The Balaban J connectivity index is 1.63. The van der Waals surface area contributed by atoms with E-state index in [2.05, 4.69) is 23.0 Å². The van der Waals surface area contributed by atoms with Gasteiger partial charge in [-0.2, -0.15) is 10.4 Å². The highest BCUT2D eigenvalue weighted by atomic mass is 16.5. The van der Waals surface area contributed by atoms with Gasteiger partial charge in [0.2, 0.25) is 11.8 Å². The Hall–Kier alpha value is -3.66. The summed E-state index contributed by atoms with van der Waals surface area (Å²) in [5.74, 6) is 0.564. The second kappa shape index (κ2) is 6.74. The molecule has 7 heteroatoms. The first kappa shape index (κ1) is 17.4. The maximum Gasteiger partial charge on any atom is 0.224 e. The molecule has 1 unspecified atom stereocenters. The largest absolute Gasteiger partial charge is 0.422 e. The fraction of sp³-hybridized carbons (Fsp3) is 0.273. The SMILES string of the molecule is CCc1nn(C2CC2)c2c1C(c1ccc(-c3cncnc3)cc1)C(C#N)=C(N)O2. The number of fused-ring (bicyclic) bond motifs is 1. The van der Waals surface area contributed by atoms with E-state index in [0.29, 0.717) is 17.5 Å². The zero-order valence-electron chi connectivity index (χ0n) is 16.0. The van der Waals surface area contributed by atoms with E-state index in [1.807, 2.05) is 28.9 Å². The van der Waals surface area contributed by atoms with Crippen LogP contribution in [0.25, 0.3) is 11.1 Å². The molecule has 3 heterocycles. The van der Waals surface area contributed by atoms with Crippen LogP contribution in [0.3, 0.4) is 0 Å². The maximum atomic E-state index is 9.83. The van der Waals surface area contributed by atoms with Crippen LogP contribution in [0.2, 0.25) is 0 Å². The summed E-state index contributed by atoms with van der Waals surface area (Å²) < 4.78 is 7.87. The molecule has 1 atom stereocenters. The third-order valence-corrected chi connectivity index (χ3v) is 5.51. The van der Waals surface area contributed by atoms with Crippen molar-refractivity contribution in [2.24, 2.45) is 5.73 Å². The summed E-state index contributed by atoms with van der Waals surface area (Å²) in [6.45, 7) is 2.07. The molecule has 0 saturated heterocycles. The highest BCUT2D eigenvalue weighted by molar-refractivity contribution is 5.63. The Labute approximate surface area is 168 Å². The lowest BCUT2D eigenvalue weighted by Gasteiger charge is -2.25. The van der Waals surface area contributed by atoms with Crippen molar-refractivity contribution in [2.75, 3.05) is 0 Å². The van der Waals surface area contributed by atoms with Gasteiger partial charge >= 0.3 is 0 Å². The van der Waals surface area contributed by atoms with Gasteiger partial charge in [0.15, 0.2) is 0 Å². The van der Waals surface area contributed by atoms with Gasteiger partial charge in [0.25, 0.3) is 0 Å². The van der Waals surface area contributed by atoms with Crippen molar-refractivity contribution >= 4 is 0 Å². The first-order valence-electron chi connectivity index (χ1n) is 9.75. The van der Waals surface area contributed by atoms with Crippen LogP contribution in [-0.4, -0.2) is 19.7 Å². The number of nitriles is 1. The van der Waals surface area contributed by atoms with Crippen molar-refractivity contribution in [2.45, 2.75) is 38.1 Å². The predicted molar refractivity (Wildman–Crippen MR) is 107 cm³/mol. The summed E-state index contributed by atoms with van der Waals surface area (Å²) in [5.41, 5.74) is 11.5. The van der Waals surface area contributed by atoms with Crippen molar-refractivity contribution in [1.29, 1.82) is 5.26 Å². The molecule has 1 saturated carbocycles. The summed E-state index contributed by atoms with van der Waals surface area (Å²) in [5, 5.41) is 14.6. The number of ether oxygens (including phenoxy) is 1. The minimum atomic E-state index is -0.285. The van der Waals surface area contributed by atoms with Crippen molar-refractivity contribution in [1.82, 2.24) is 19.7 Å². The summed E-state index contributed by atoms with van der Waals surface area (Å²) in [6.07, 6.45) is 8.02. The molecule has 1 aliphatic heterocycles. The molecule has 29 heavy (non-hydrogen) atoms. The Morgan fingerprint density at radius 3 is 2.52 bits per heavy atom. The lowest BCUT2D eigenvalue weighted by atomic mass is 9.83. The van der Waals surface area contributed by atoms with Crippen LogP contribution in [-0.2, 0) is 6.42 Å². The van der Waals surface area contributed by atoms with Crippen LogP contribution in [0.5, 0.6) is 5.88 Å². The first-order valence-corrected chi connectivity index (χ1v) is 9.75. The van der Waals surface area contributed by atoms with E-state index >= 15 is 0 Å². The monoisotopic (exact) mass is 384 g/mol. The molecule has 1 fully saturated rings. The normalized spacial score (nSPS) is 18.1. The first-order chi connectivity index (χ1) is 14.2. The highest BCUT2D eigenvalue weighted by Crippen LogP contribution is 2.48. The number of nitrogens with two attached hydrogens (primary N) is 1. The molecule has 0 bridgehead atoms. The van der Waals surface area contributed by atoms with Gasteiger partial charge < -0.3 is 10.5 Å². The summed E-state index contributed by atoms with van der Waals surface area (Å²) >= 11 is 0. The molecule has 2 N–H and O–H groups in total. The van der Waals surface area contributed by atoms with Crippen molar-refractivity contribution < 1.29 is 4.74 Å². The number of hydrogen-bond donors (Lipinski definition) is 1. The second-order valence-corrected chi connectivity index (χ2v) is 7.37. The number of hydrogen-bond acceptors (Lipinski definition) is 6. The lowest BCUT2D eigenvalue weighted by molar-refractivity contribution is 0.347. The third-order valence-electron chi connectivity index (χ3n) is 5.51. The number of allylic oxidation sites excluding steroid dienone is 1. The van der Waals surface area contributed by atoms with Gasteiger partial charge in [0, 0.05) is 18.0 Å². The molecule has 144 valence electrons. The number of aromatic nitrogens is 4. The minimum absolute atomic E-state index is 0.162. The number of rotatable bonds is 4. The van der Waals surface area contributed by atoms with Crippen molar-refractivity contribution in [3.05, 3.63) is 71.3 Å².